The van der Waals surface area contributed by atoms with Crippen molar-refractivity contribution in [2.24, 2.45) is 0 Å². The molecule has 1 aromatic carbocycles. The van der Waals surface area contributed by atoms with Gasteiger partial charge in [-0.05, 0) is 25.1 Å². The minimum Gasteiger partial charge on any atom is -0.462 e. The Labute approximate surface area is 126 Å². The quantitative estimate of drug-likeness (QED) is 0.831. The number of rotatable bonds is 5. The number of ether oxygens (including phenoxy) is 1. The number of nitrogens with one attached hydrogen (secondary N) is 1. The van der Waals surface area contributed by atoms with Crippen molar-refractivity contribution in [2.75, 3.05) is 30.1 Å². The zero-order valence-corrected chi connectivity index (χ0v) is 12.4. The molecule has 2 rings (SSSR count). The van der Waals surface area contributed by atoms with Crippen LogP contribution < -0.4 is 5.32 Å². The molecule has 0 bridgehead atoms. The highest BCUT2D eigenvalue weighted by atomic mass is 32.2. The highest BCUT2D eigenvalue weighted by molar-refractivity contribution is 8.00. The van der Waals surface area contributed by atoms with E-state index in [1.807, 2.05) is 0 Å². The lowest BCUT2D eigenvalue weighted by molar-refractivity contribution is -0.130. The smallest absolute Gasteiger partial charge is 0.338 e. The average molecular weight is 308 g/mol. The van der Waals surface area contributed by atoms with Crippen molar-refractivity contribution in [3.63, 3.8) is 0 Å². The number of anilines is 1. The van der Waals surface area contributed by atoms with Crippen LogP contribution in [0.25, 0.3) is 0 Å². The van der Waals surface area contributed by atoms with Gasteiger partial charge in [-0.3, -0.25) is 9.59 Å². The van der Waals surface area contributed by atoms with E-state index in [1.54, 1.807) is 31.2 Å². The fourth-order valence-electron chi connectivity index (χ4n) is 1.85. The molecule has 1 fully saturated rings. The highest BCUT2D eigenvalue weighted by Gasteiger charge is 2.22. The molecule has 1 aliphatic heterocycles. The van der Waals surface area contributed by atoms with Gasteiger partial charge in [0.25, 0.3) is 0 Å². The maximum Gasteiger partial charge on any atom is 0.338 e. The van der Waals surface area contributed by atoms with Gasteiger partial charge in [0.1, 0.15) is 6.54 Å². The van der Waals surface area contributed by atoms with Crippen LogP contribution in [-0.2, 0) is 14.3 Å². The molecule has 0 aliphatic carbocycles. The van der Waals surface area contributed by atoms with Crippen LogP contribution in [0.3, 0.4) is 0 Å². The molecule has 6 nitrogen and oxygen atoms in total. The van der Waals surface area contributed by atoms with Gasteiger partial charge in [-0.1, -0.05) is 6.07 Å². The second-order valence-electron chi connectivity index (χ2n) is 4.42. The Hall–Kier alpha value is -2.02. The number of thioether (sulfide) groups is 1. The molecule has 21 heavy (non-hydrogen) atoms. The van der Waals surface area contributed by atoms with Crippen LogP contribution in [0.2, 0.25) is 0 Å². The molecule has 1 aliphatic rings. The molecule has 0 radical (unpaired) electrons. The van der Waals surface area contributed by atoms with E-state index in [4.69, 9.17) is 4.74 Å². The molecule has 0 spiro atoms. The third-order valence-electron chi connectivity index (χ3n) is 2.82. The average Bonchev–Trinajstić information content (AvgIpc) is 2.84. The summed E-state index contributed by atoms with van der Waals surface area (Å²) in [5.41, 5.74) is 0.882. The maximum atomic E-state index is 11.9. The molecule has 0 atom stereocenters. The third kappa shape index (κ3) is 4.22. The molecule has 1 heterocycles. The summed E-state index contributed by atoms with van der Waals surface area (Å²) in [6, 6.07) is 6.52. The Morgan fingerprint density at radius 3 is 2.90 bits per heavy atom. The molecule has 0 unspecified atom stereocenters. The minimum atomic E-state index is -0.431. The number of carbonyl (C=O) groups is 3. The Morgan fingerprint density at radius 1 is 1.43 bits per heavy atom. The van der Waals surface area contributed by atoms with Gasteiger partial charge < -0.3 is 15.0 Å². The summed E-state index contributed by atoms with van der Waals surface area (Å²) in [6.07, 6.45) is 0. The Bertz CT molecular complexity index is 562. The first kappa shape index (κ1) is 15.4. The summed E-state index contributed by atoms with van der Waals surface area (Å²) in [5.74, 6) is 0.211. The number of carbonyl (C=O) groups excluding carboxylic acids is 3. The summed E-state index contributed by atoms with van der Waals surface area (Å²) in [4.78, 5) is 36.4. The summed E-state index contributed by atoms with van der Waals surface area (Å²) >= 11 is 1.49. The Balaban J connectivity index is 1.96. The van der Waals surface area contributed by atoms with Gasteiger partial charge in [-0.2, -0.15) is 0 Å². The van der Waals surface area contributed by atoms with Crippen LogP contribution in [0.15, 0.2) is 24.3 Å². The Kier molecular flexibility index (Phi) is 5.21. The monoisotopic (exact) mass is 308 g/mol. The first-order valence-corrected chi connectivity index (χ1v) is 7.68. The van der Waals surface area contributed by atoms with Crippen LogP contribution in [0.4, 0.5) is 5.69 Å². The topological polar surface area (TPSA) is 75.7 Å². The van der Waals surface area contributed by atoms with E-state index >= 15 is 0 Å². The molecular formula is C14H16N2O4S. The van der Waals surface area contributed by atoms with E-state index in [9.17, 15) is 14.4 Å². The second kappa shape index (κ2) is 7.12. The van der Waals surface area contributed by atoms with Gasteiger partial charge in [0.15, 0.2) is 0 Å². The van der Waals surface area contributed by atoms with Crippen LogP contribution in [0.1, 0.15) is 17.3 Å². The molecule has 1 N–H and O–H groups in total. The van der Waals surface area contributed by atoms with Crippen molar-refractivity contribution in [3.8, 4) is 0 Å². The van der Waals surface area contributed by atoms with E-state index < -0.39 is 5.97 Å². The molecule has 1 aromatic rings. The van der Waals surface area contributed by atoms with Gasteiger partial charge in [0.2, 0.25) is 11.8 Å². The van der Waals surface area contributed by atoms with Gasteiger partial charge in [0, 0.05) is 5.69 Å². The number of esters is 1. The SMILES string of the molecule is CCOC(=O)c1cccc(NC(=O)CN2CSCC2=O)c1. The third-order valence-corrected chi connectivity index (χ3v) is 3.76. The highest BCUT2D eigenvalue weighted by Crippen LogP contribution is 2.15. The lowest BCUT2D eigenvalue weighted by atomic mass is 10.2. The van der Waals surface area contributed by atoms with Crippen molar-refractivity contribution < 1.29 is 19.1 Å². The van der Waals surface area contributed by atoms with Gasteiger partial charge >= 0.3 is 5.97 Å². The number of benzene rings is 1. The van der Waals surface area contributed by atoms with E-state index in [0.29, 0.717) is 29.5 Å². The van der Waals surface area contributed by atoms with Crippen molar-refractivity contribution in [1.29, 1.82) is 0 Å². The number of nitrogens with zero attached hydrogens (tertiary/aromatic N) is 1. The molecule has 1 saturated heterocycles. The Morgan fingerprint density at radius 2 is 2.24 bits per heavy atom. The van der Waals surface area contributed by atoms with E-state index in [0.717, 1.165) is 0 Å². The first-order valence-electron chi connectivity index (χ1n) is 6.52. The van der Waals surface area contributed by atoms with Crippen molar-refractivity contribution in [1.82, 2.24) is 4.90 Å². The molecule has 7 heteroatoms. The molecule has 2 amide bonds. The predicted molar refractivity (Wildman–Crippen MR) is 80.1 cm³/mol. The summed E-state index contributed by atoms with van der Waals surface area (Å²) in [6.45, 7) is 2.05. The molecule has 0 saturated carbocycles. The van der Waals surface area contributed by atoms with Crippen molar-refractivity contribution in [3.05, 3.63) is 29.8 Å². The fourth-order valence-corrected chi connectivity index (χ4v) is 2.76. The predicted octanol–water partition coefficient (Wildman–Crippen LogP) is 1.33. The van der Waals surface area contributed by atoms with Crippen LogP contribution in [0, 0.1) is 0 Å². The summed E-state index contributed by atoms with van der Waals surface area (Å²) < 4.78 is 4.90. The number of amides is 2. The largest absolute Gasteiger partial charge is 0.462 e. The standard InChI is InChI=1S/C14H16N2O4S/c1-2-20-14(19)10-4-3-5-11(6-10)15-12(17)7-16-9-21-8-13(16)18/h3-6H,2,7-9H2,1H3,(H,15,17). The van der Waals surface area contributed by atoms with E-state index in [2.05, 4.69) is 5.32 Å². The number of hydrogen-bond acceptors (Lipinski definition) is 5. The van der Waals surface area contributed by atoms with Crippen LogP contribution >= 0.6 is 11.8 Å². The molecular weight excluding hydrogens is 292 g/mol. The summed E-state index contributed by atoms with van der Waals surface area (Å²) in [5, 5.41) is 2.68. The van der Waals surface area contributed by atoms with Crippen molar-refractivity contribution in [2.45, 2.75) is 6.92 Å². The van der Waals surface area contributed by atoms with E-state index in [1.165, 1.54) is 16.7 Å². The van der Waals surface area contributed by atoms with Crippen molar-refractivity contribution >= 4 is 35.2 Å². The zero-order valence-electron chi connectivity index (χ0n) is 11.6. The zero-order chi connectivity index (χ0) is 15.2. The van der Waals surface area contributed by atoms with Gasteiger partial charge in [0.05, 0.1) is 23.8 Å². The van der Waals surface area contributed by atoms with Gasteiger partial charge in [-0.25, -0.2) is 4.79 Å². The normalized spacial score (nSPS) is 14.1. The van der Waals surface area contributed by atoms with Crippen LogP contribution in [0.5, 0.6) is 0 Å². The first-order chi connectivity index (χ1) is 10.1. The summed E-state index contributed by atoms with van der Waals surface area (Å²) in [7, 11) is 0. The van der Waals surface area contributed by atoms with Crippen LogP contribution in [-0.4, -0.2) is 47.5 Å². The molecule has 0 aromatic heterocycles. The minimum absolute atomic E-state index is 0.0233. The van der Waals surface area contributed by atoms with Gasteiger partial charge in [-0.15, -0.1) is 11.8 Å². The van der Waals surface area contributed by atoms with E-state index in [-0.39, 0.29) is 18.4 Å². The lowest BCUT2D eigenvalue weighted by Crippen LogP contribution is -2.34. The lowest BCUT2D eigenvalue weighted by Gasteiger charge is -2.14. The maximum absolute atomic E-state index is 11.9. The fraction of sp³-hybridized carbons (Fsp3) is 0.357. The molecule has 112 valence electrons. The number of hydrogen-bond donors (Lipinski definition) is 1. The second-order valence-corrected chi connectivity index (χ2v) is 5.37.